The van der Waals surface area contributed by atoms with Crippen molar-refractivity contribution in [2.75, 3.05) is 26.4 Å². The van der Waals surface area contributed by atoms with Gasteiger partial charge in [-0.3, -0.25) is 9.13 Å². The maximum absolute atomic E-state index is 13.6. The topological polar surface area (TPSA) is 91.3 Å². The van der Waals surface area contributed by atoms with E-state index in [0.717, 1.165) is 36.8 Å². The second-order valence-electron chi connectivity index (χ2n) is 6.55. The van der Waals surface area contributed by atoms with Crippen LogP contribution < -0.4 is 0 Å². The van der Waals surface area contributed by atoms with Crippen LogP contribution in [0.1, 0.15) is 57.2 Å². The summed E-state index contributed by atoms with van der Waals surface area (Å²) in [6.45, 7) is 7.12. The molecule has 2 rings (SSSR count). The number of benzene rings is 1. The van der Waals surface area contributed by atoms with E-state index in [0.29, 0.717) is 5.56 Å². The third kappa shape index (κ3) is 5.81. The molecule has 1 aromatic rings. The number of hydrogen-bond donors (Lipinski definition) is 1. The molecule has 0 fully saturated rings. The molecule has 0 amide bonds. The Labute approximate surface area is 173 Å². The molecule has 7 nitrogen and oxygen atoms in total. The molecule has 0 atom stereocenters. The highest BCUT2D eigenvalue weighted by molar-refractivity contribution is 7.79. The summed E-state index contributed by atoms with van der Waals surface area (Å²) in [6.07, 6.45) is 5.22. The molecule has 1 aliphatic carbocycles. The summed E-state index contributed by atoms with van der Waals surface area (Å²) in [7, 11) is -7.91. The molecule has 1 aromatic carbocycles. The number of phenolic OH excluding ortho intramolecular Hbond substituents is 1. The zero-order valence-corrected chi connectivity index (χ0v) is 19.5. The van der Waals surface area contributed by atoms with Crippen molar-refractivity contribution >= 4 is 21.3 Å². The number of fused-ring (bicyclic) bond motifs is 1. The van der Waals surface area contributed by atoms with Gasteiger partial charge in [0.15, 0.2) is 5.06 Å². The first-order chi connectivity index (χ1) is 13.8. The summed E-state index contributed by atoms with van der Waals surface area (Å²) in [6, 6.07) is 3.49. The van der Waals surface area contributed by atoms with Crippen molar-refractivity contribution in [2.45, 2.75) is 53.4 Å². The van der Waals surface area contributed by atoms with Crippen molar-refractivity contribution in [1.29, 1.82) is 0 Å². The number of aromatic hydroxyl groups is 1. The van der Waals surface area contributed by atoms with E-state index in [1.165, 1.54) is 6.08 Å². The molecule has 0 saturated carbocycles. The maximum atomic E-state index is 13.6. The molecule has 0 heterocycles. The van der Waals surface area contributed by atoms with Crippen LogP contribution in [0.4, 0.5) is 0 Å². The van der Waals surface area contributed by atoms with Gasteiger partial charge in [-0.15, -0.1) is 0 Å². The van der Waals surface area contributed by atoms with Gasteiger partial charge in [-0.25, -0.2) is 0 Å². The fraction of sp³-hybridized carbons (Fsp3) is 0.600. The fourth-order valence-electron chi connectivity index (χ4n) is 3.43. The average molecular weight is 446 g/mol. The first-order valence-corrected chi connectivity index (χ1v) is 13.3. The Hall–Kier alpha value is -0.940. The van der Waals surface area contributed by atoms with Gasteiger partial charge in [0.1, 0.15) is 5.75 Å². The van der Waals surface area contributed by atoms with Gasteiger partial charge in [0.2, 0.25) is 0 Å². The van der Waals surface area contributed by atoms with Gasteiger partial charge in [0, 0.05) is 0 Å². The highest BCUT2D eigenvalue weighted by atomic mass is 31.2. The summed E-state index contributed by atoms with van der Waals surface area (Å²) in [4.78, 5) is 0. The van der Waals surface area contributed by atoms with E-state index in [1.807, 2.05) is 6.07 Å². The van der Waals surface area contributed by atoms with Gasteiger partial charge in [0.05, 0.1) is 26.4 Å². The minimum atomic E-state index is -3.95. The molecule has 0 unspecified atom stereocenters. The third-order valence-corrected chi connectivity index (χ3v) is 9.76. The first kappa shape index (κ1) is 24.3. The highest BCUT2D eigenvalue weighted by Crippen LogP contribution is 2.74. The number of hydrogen-bond acceptors (Lipinski definition) is 7. The van der Waals surface area contributed by atoms with Crippen LogP contribution in [0.15, 0.2) is 17.2 Å². The molecule has 0 bridgehead atoms. The van der Waals surface area contributed by atoms with Crippen molar-refractivity contribution < 1.29 is 32.3 Å². The van der Waals surface area contributed by atoms with Crippen LogP contribution in [-0.4, -0.2) is 31.5 Å². The lowest BCUT2D eigenvalue weighted by Crippen LogP contribution is -2.06. The normalized spacial score (nSPS) is 14.5. The summed E-state index contributed by atoms with van der Waals surface area (Å²) < 4.78 is 49.0. The average Bonchev–Trinajstić information content (AvgIpc) is 2.67. The zero-order valence-electron chi connectivity index (χ0n) is 17.7. The van der Waals surface area contributed by atoms with Gasteiger partial charge >= 0.3 is 15.2 Å². The van der Waals surface area contributed by atoms with E-state index in [1.54, 1.807) is 33.8 Å². The molecule has 1 N–H and O–H groups in total. The van der Waals surface area contributed by atoms with Gasteiger partial charge < -0.3 is 23.2 Å². The van der Waals surface area contributed by atoms with Crippen molar-refractivity contribution in [3.63, 3.8) is 0 Å². The molecule has 0 saturated heterocycles. The van der Waals surface area contributed by atoms with E-state index >= 15 is 0 Å². The van der Waals surface area contributed by atoms with Crippen molar-refractivity contribution in [1.82, 2.24) is 0 Å². The van der Waals surface area contributed by atoms with Crippen molar-refractivity contribution in [2.24, 2.45) is 0 Å². The van der Waals surface area contributed by atoms with Crippen LogP contribution in [0.2, 0.25) is 0 Å². The smallest absolute Gasteiger partial charge is 0.369 e. The van der Waals surface area contributed by atoms with Gasteiger partial charge in [-0.1, -0.05) is 6.07 Å². The lowest BCUT2D eigenvalue weighted by molar-refractivity contribution is 0.214. The minimum Gasteiger partial charge on any atom is -0.508 e. The molecule has 0 spiro atoms. The van der Waals surface area contributed by atoms with Crippen LogP contribution in [0.25, 0.3) is 6.08 Å². The largest absolute Gasteiger partial charge is 0.508 e. The van der Waals surface area contributed by atoms with E-state index in [-0.39, 0.29) is 37.2 Å². The molecule has 0 aromatic heterocycles. The molecule has 1 aliphatic rings. The molecule has 0 radical (unpaired) electrons. The van der Waals surface area contributed by atoms with E-state index in [9.17, 15) is 14.2 Å². The Morgan fingerprint density at radius 2 is 1.38 bits per heavy atom. The third-order valence-electron chi connectivity index (χ3n) is 4.52. The quantitative estimate of drug-likeness (QED) is 0.411. The summed E-state index contributed by atoms with van der Waals surface area (Å²) >= 11 is 0. The number of aryl methyl sites for hydroxylation is 1. The monoisotopic (exact) mass is 446 g/mol. The highest BCUT2D eigenvalue weighted by Gasteiger charge is 2.45. The van der Waals surface area contributed by atoms with E-state index < -0.39 is 15.2 Å². The first-order valence-electron chi connectivity index (χ1n) is 10.2. The summed E-state index contributed by atoms with van der Waals surface area (Å²) in [5.41, 5.74) is 2.52. The minimum absolute atomic E-state index is 0.0995. The zero-order chi connectivity index (χ0) is 21.5. The Balaban J connectivity index is 2.67. The number of rotatable bonds is 11. The van der Waals surface area contributed by atoms with Crippen LogP contribution in [-0.2, 0) is 40.1 Å². The standard InChI is InChI=1S/C20H32O7P2/c1-5-24-28(22,25-6-2)20(29(23,26-7-3)27-8-4)15-16-13-17-11-9-10-12-18(17)19(21)14-16/h13-15,21H,5-12H2,1-4H3. The van der Waals surface area contributed by atoms with Gasteiger partial charge in [-0.05, 0) is 82.2 Å². The van der Waals surface area contributed by atoms with Gasteiger partial charge in [0.25, 0.3) is 0 Å². The summed E-state index contributed by atoms with van der Waals surface area (Å²) in [5, 5.41) is 10.3. The Morgan fingerprint density at radius 1 is 0.897 bits per heavy atom. The Kier molecular flexibility index (Phi) is 9.15. The predicted molar refractivity (Wildman–Crippen MR) is 114 cm³/mol. The molecule has 164 valence electrons. The van der Waals surface area contributed by atoms with E-state index in [4.69, 9.17) is 18.1 Å². The van der Waals surface area contributed by atoms with Gasteiger partial charge in [-0.2, -0.15) is 0 Å². The maximum Gasteiger partial charge on any atom is 0.369 e. The molecule has 0 aliphatic heterocycles. The van der Waals surface area contributed by atoms with Crippen LogP contribution in [0.3, 0.4) is 0 Å². The van der Waals surface area contributed by atoms with E-state index in [2.05, 4.69) is 0 Å². The second-order valence-corrected chi connectivity index (χ2v) is 10.9. The predicted octanol–water partition coefficient (Wildman–Crippen LogP) is 6.10. The molecular weight excluding hydrogens is 414 g/mol. The van der Waals surface area contributed by atoms with Crippen LogP contribution in [0, 0.1) is 0 Å². The van der Waals surface area contributed by atoms with Crippen molar-refractivity contribution in [3.8, 4) is 5.75 Å². The second kappa shape index (κ2) is 10.9. The summed E-state index contributed by atoms with van der Waals surface area (Å²) in [5.74, 6) is 0.179. The molecule has 9 heteroatoms. The lowest BCUT2D eigenvalue weighted by atomic mass is 9.89. The fourth-order valence-corrected chi connectivity index (χ4v) is 7.97. The molecule has 29 heavy (non-hydrogen) atoms. The van der Waals surface area contributed by atoms with Crippen LogP contribution >= 0.6 is 15.2 Å². The van der Waals surface area contributed by atoms with Crippen molar-refractivity contribution in [3.05, 3.63) is 33.9 Å². The molecular formula is C20H32O7P2. The Bertz CT molecular complexity index is 767. The number of phenols is 1. The lowest BCUT2D eigenvalue weighted by Gasteiger charge is -2.26. The Morgan fingerprint density at radius 3 is 1.86 bits per heavy atom. The SMILES string of the molecule is CCOP(=O)(OCC)C(=Cc1cc(O)c2c(c1)CCCC2)P(=O)(OCC)OCC. The van der Waals surface area contributed by atoms with Crippen LogP contribution in [0.5, 0.6) is 5.75 Å².